The van der Waals surface area contributed by atoms with Gasteiger partial charge in [-0.25, -0.2) is 5.84 Å². The van der Waals surface area contributed by atoms with Crippen molar-refractivity contribution in [3.8, 4) is 0 Å². The number of hydrogen-bond donors (Lipinski definition) is 3. The van der Waals surface area contributed by atoms with Gasteiger partial charge in [-0.2, -0.15) is 0 Å². The molecule has 1 aliphatic rings. The molecule has 1 amide bonds. The van der Waals surface area contributed by atoms with E-state index in [9.17, 15) is 4.79 Å². The van der Waals surface area contributed by atoms with Crippen LogP contribution in [0.2, 0.25) is 0 Å². The Balaban J connectivity index is 1.91. The molecule has 2 heterocycles. The van der Waals surface area contributed by atoms with E-state index in [0.717, 1.165) is 25.3 Å². The summed E-state index contributed by atoms with van der Waals surface area (Å²) in [6.45, 7) is 2.71. The minimum absolute atomic E-state index is 0.232. The molecule has 0 bridgehead atoms. The van der Waals surface area contributed by atoms with Crippen molar-refractivity contribution < 1.29 is 14.3 Å². The predicted molar refractivity (Wildman–Crippen MR) is 60.8 cm³/mol. The number of likely N-dealkylation sites (tertiary alicyclic amines) is 1. The highest BCUT2D eigenvalue weighted by Crippen LogP contribution is 2.19. The van der Waals surface area contributed by atoms with Crippen LogP contribution in [0.1, 0.15) is 22.5 Å². The van der Waals surface area contributed by atoms with Gasteiger partial charge in [0, 0.05) is 13.2 Å². The summed E-state index contributed by atoms with van der Waals surface area (Å²) >= 11 is 0. The summed E-state index contributed by atoms with van der Waals surface area (Å²) in [7, 11) is 0. The number of aliphatic hydroxyl groups is 1. The van der Waals surface area contributed by atoms with Crippen LogP contribution in [0.5, 0.6) is 0 Å². The first-order valence-corrected chi connectivity index (χ1v) is 5.64. The fraction of sp³-hybridized carbons (Fsp3) is 0.545. The first kappa shape index (κ1) is 12.1. The maximum absolute atomic E-state index is 11.2. The van der Waals surface area contributed by atoms with Crippen molar-refractivity contribution in [3.05, 3.63) is 23.7 Å². The molecule has 1 saturated heterocycles. The molecule has 1 unspecified atom stereocenters. The number of hydrogen-bond acceptors (Lipinski definition) is 5. The van der Waals surface area contributed by atoms with Crippen LogP contribution in [0.3, 0.4) is 0 Å². The van der Waals surface area contributed by atoms with E-state index in [4.69, 9.17) is 15.4 Å². The Bertz CT molecular complexity index is 391. The van der Waals surface area contributed by atoms with Crippen molar-refractivity contribution in [1.82, 2.24) is 10.3 Å². The Morgan fingerprint density at radius 2 is 2.53 bits per heavy atom. The van der Waals surface area contributed by atoms with Gasteiger partial charge in [0.2, 0.25) is 0 Å². The number of rotatable bonds is 4. The highest BCUT2D eigenvalue weighted by atomic mass is 16.3. The molecule has 0 aromatic carbocycles. The SMILES string of the molecule is NNC(=O)c1coc(CN2CCC(CO)C2)c1. The third kappa shape index (κ3) is 2.85. The third-order valence-electron chi connectivity index (χ3n) is 3.05. The Kier molecular flexibility index (Phi) is 3.78. The van der Waals surface area contributed by atoms with Crippen LogP contribution >= 0.6 is 0 Å². The van der Waals surface area contributed by atoms with Crippen molar-refractivity contribution >= 4 is 5.91 Å². The molecule has 1 aromatic heterocycles. The van der Waals surface area contributed by atoms with E-state index in [1.54, 1.807) is 6.07 Å². The summed E-state index contributed by atoms with van der Waals surface area (Å²) in [5.41, 5.74) is 2.49. The zero-order valence-corrected chi connectivity index (χ0v) is 9.56. The van der Waals surface area contributed by atoms with E-state index in [1.807, 2.05) is 0 Å². The number of nitrogen functional groups attached to an aromatic ring is 1. The zero-order chi connectivity index (χ0) is 12.3. The first-order chi connectivity index (χ1) is 8.22. The van der Waals surface area contributed by atoms with E-state index in [1.165, 1.54) is 6.26 Å². The van der Waals surface area contributed by atoms with E-state index in [-0.39, 0.29) is 12.5 Å². The second kappa shape index (κ2) is 5.31. The van der Waals surface area contributed by atoms with Crippen LogP contribution in [-0.2, 0) is 6.54 Å². The summed E-state index contributed by atoms with van der Waals surface area (Å²) in [5.74, 6) is 5.78. The quantitative estimate of drug-likeness (QED) is 0.381. The van der Waals surface area contributed by atoms with Gasteiger partial charge in [-0.1, -0.05) is 0 Å². The van der Waals surface area contributed by atoms with E-state index >= 15 is 0 Å². The van der Waals surface area contributed by atoms with Gasteiger partial charge in [0.05, 0.1) is 12.1 Å². The monoisotopic (exact) mass is 239 g/mol. The number of hydrazine groups is 1. The Hall–Kier alpha value is -1.37. The minimum Gasteiger partial charge on any atom is -0.467 e. The number of nitrogens with zero attached hydrogens (tertiary/aromatic N) is 1. The Labute approximate surface area is 99.3 Å². The minimum atomic E-state index is -0.352. The molecular weight excluding hydrogens is 222 g/mol. The van der Waals surface area contributed by atoms with Gasteiger partial charge in [0.15, 0.2) is 0 Å². The second-order valence-electron chi connectivity index (χ2n) is 4.35. The van der Waals surface area contributed by atoms with Crippen molar-refractivity contribution in [2.75, 3.05) is 19.7 Å². The molecule has 6 nitrogen and oxygen atoms in total. The Morgan fingerprint density at radius 1 is 1.71 bits per heavy atom. The van der Waals surface area contributed by atoms with Gasteiger partial charge in [-0.15, -0.1) is 0 Å². The van der Waals surface area contributed by atoms with Crippen molar-refractivity contribution in [2.24, 2.45) is 11.8 Å². The maximum atomic E-state index is 11.2. The Morgan fingerprint density at radius 3 is 3.18 bits per heavy atom. The number of nitrogens with one attached hydrogen (secondary N) is 1. The van der Waals surface area contributed by atoms with Crippen LogP contribution in [0.4, 0.5) is 0 Å². The predicted octanol–water partition coefficient (Wildman–Crippen LogP) is -0.303. The normalized spacial score (nSPS) is 20.7. The molecule has 6 heteroatoms. The fourth-order valence-electron chi connectivity index (χ4n) is 2.09. The maximum Gasteiger partial charge on any atom is 0.268 e. The highest BCUT2D eigenvalue weighted by molar-refractivity contribution is 5.93. The lowest BCUT2D eigenvalue weighted by molar-refractivity contribution is 0.0953. The van der Waals surface area contributed by atoms with Gasteiger partial charge < -0.3 is 9.52 Å². The summed E-state index contributed by atoms with van der Waals surface area (Å²) in [4.78, 5) is 13.4. The van der Waals surface area contributed by atoms with Gasteiger partial charge >= 0.3 is 0 Å². The lowest BCUT2D eigenvalue weighted by atomic mass is 10.1. The molecule has 17 heavy (non-hydrogen) atoms. The number of carbonyl (C=O) groups is 1. The van der Waals surface area contributed by atoms with Crippen LogP contribution in [-0.4, -0.2) is 35.6 Å². The third-order valence-corrected chi connectivity index (χ3v) is 3.05. The molecule has 0 radical (unpaired) electrons. The molecule has 0 spiro atoms. The lowest BCUT2D eigenvalue weighted by Crippen LogP contribution is -2.29. The smallest absolute Gasteiger partial charge is 0.268 e. The molecule has 94 valence electrons. The van der Waals surface area contributed by atoms with Crippen LogP contribution in [0.25, 0.3) is 0 Å². The summed E-state index contributed by atoms with van der Waals surface area (Å²) in [6, 6.07) is 1.69. The van der Waals surface area contributed by atoms with Gasteiger partial charge in [0.1, 0.15) is 12.0 Å². The number of amides is 1. The van der Waals surface area contributed by atoms with Crippen molar-refractivity contribution in [2.45, 2.75) is 13.0 Å². The molecule has 0 aliphatic carbocycles. The highest BCUT2D eigenvalue weighted by Gasteiger charge is 2.22. The zero-order valence-electron chi connectivity index (χ0n) is 9.56. The van der Waals surface area contributed by atoms with Crippen molar-refractivity contribution in [3.63, 3.8) is 0 Å². The van der Waals surface area contributed by atoms with Crippen LogP contribution in [0, 0.1) is 5.92 Å². The first-order valence-electron chi connectivity index (χ1n) is 5.64. The second-order valence-corrected chi connectivity index (χ2v) is 4.35. The fourth-order valence-corrected chi connectivity index (χ4v) is 2.09. The van der Waals surface area contributed by atoms with Gasteiger partial charge in [0.25, 0.3) is 5.91 Å². The standard InChI is InChI=1S/C11H17N3O3/c12-13-11(16)9-3-10(17-7-9)5-14-2-1-8(4-14)6-15/h3,7-8,15H,1-2,4-6,12H2,(H,13,16). The van der Waals surface area contributed by atoms with E-state index < -0.39 is 0 Å². The number of nitrogens with two attached hydrogens (primary N) is 1. The van der Waals surface area contributed by atoms with E-state index in [2.05, 4.69) is 10.3 Å². The summed E-state index contributed by atoms with van der Waals surface area (Å²) in [5, 5.41) is 9.04. The molecule has 1 atom stereocenters. The largest absolute Gasteiger partial charge is 0.467 e. The molecule has 2 rings (SSSR count). The number of carbonyl (C=O) groups excluding carboxylic acids is 1. The number of aliphatic hydroxyl groups excluding tert-OH is 1. The van der Waals surface area contributed by atoms with Gasteiger partial charge in [-0.05, 0) is 24.9 Å². The molecule has 0 saturated carbocycles. The van der Waals surface area contributed by atoms with Crippen molar-refractivity contribution in [1.29, 1.82) is 0 Å². The van der Waals surface area contributed by atoms with E-state index in [0.29, 0.717) is 18.0 Å². The topological polar surface area (TPSA) is 91.7 Å². The molecule has 1 fully saturated rings. The molecule has 1 aromatic rings. The van der Waals surface area contributed by atoms with Gasteiger partial charge in [-0.3, -0.25) is 15.1 Å². The lowest BCUT2D eigenvalue weighted by Gasteiger charge is -2.13. The number of furan rings is 1. The molecular formula is C11H17N3O3. The summed E-state index contributed by atoms with van der Waals surface area (Å²) < 4.78 is 5.30. The average Bonchev–Trinajstić information content (AvgIpc) is 2.97. The van der Waals surface area contributed by atoms with Crippen LogP contribution < -0.4 is 11.3 Å². The molecule has 4 N–H and O–H groups in total. The van der Waals surface area contributed by atoms with Crippen LogP contribution in [0.15, 0.2) is 16.7 Å². The average molecular weight is 239 g/mol. The summed E-state index contributed by atoms with van der Waals surface area (Å²) in [6.07, 6.45) is 2.41. The molecule has 1 aliphatic heterocycles.